The first-order chi connectivity index (χ1) is 9.88. The van der Waals surface area contributed by atoms with E-state index in [1.807, 2.05) is 13.8 Å². The SMILES string of the molecule is CC1CN(C(=O)Nc2ccc(O)c(C(=O)O)c2)C(C)CO1. The molecule has 0 saturated carbocycles. The normalized spacial score (nSPS) is 21.9. The van der Waals surface area contributed by atoms with Gasteiger partial charge in [0.15, 0.2) is 0 Å². The quantitative estimate of drug-likeness (QED) is 0.721. The molecule has 0 radical (unpaired) electrons. The largest absolute Gasteiger partial charge is 0.507 e. The topological polar surface area (TPSA) is 99.1 Å². The van der Waals surface area contributed by atoms with Gasteiger partial charge in [-0.2, -0.15) is 0 Å². The molecule has 0 aromatic heterocycles. The molecule has 1 heterocycles. The van der Waals surface area contributed by atoms with Crippen molar-refractivity contribution >= 4 is 17.7 Å². The van der Waals surface area contributed by atoms with Crippen LogP contribution in [0.3, 0.4) is 0 Å². The molecule has 1 aromatic rings. The van der Waals surface area contributed by atoms with Crippen LogP contribution in [0.1, 0.15) is 24.2 Å². The molecule has 2 rings (SSSR count). The number of benzene rings is 1. The van der Waals surface area contributed by atoms with Gasteiger partial charge in [0, 0.05) is 12.2 Å². The molecule has 7 nitrogen and oxygen atoms in total. The molecule has 1 fully saturated rings. The average molecular weight is 294 g/mol. The van der Waals surface area contributed by atoms with Crippen LogP contribution in [0.5, 0.6) is 5.75 Å². The van der Waals surface area contributed by atoms with Gasteiger partial charge in [-0.05, 0) is 32.0 Å². The number of aromatic hydroxyl groups is 1. The lowest BCUT2D eigenvalue weighted by atomic mass is 10.1. The van der Waals surface area contributed by atoms with Gasteiger partial charge < -0.3 is 25.2 Å². The Kier molecular flexibility index (Phi) is 4.32. The van der Waals surface area contributed by atoms with Crippen LogP contribution >= 0.6 is 0 Å². The number of phenols is 1. The third-order valence-corrected chi connectivity index (χ3v) is 3.35. The zero-order chi connectivity index (χ0) is 15.6. The Hall–Kier alpha value is -2.28. The summed E-state index contributed by atoms with van der Waals surface area (Å²) >= 11 is 0. The summed E-state index contributed by atoms with van der Waals surface area (Å²) < 4.78 is 5.45. The number of carboxylic acid groups (broad SMARTS) is 1. The number of rotatable bonds is 2. The fraction of sp³-hybridized carbons (Fsp3) is 0.429. The van der Waals surface area contributed by atoms with Crippen LogP contribution in [0.4, 0.5) is 10.5 Å². The Morgan fingerprint density at radius 3 is 2.76 bits per heavy atom. The van der Waals surface area contributed by atoms with Gasteiger partial charge in [0.1, 0.15) is 11.3 Å². The van der Waals surface area contributed by atoms with E-state index in [1.54, 1.807) is 4.90 Å². The Balaban J connectivity index is 2.12. The summed E-state index contributed by atoms with van der Waals surface area (Å²) in [6.07, 6.45) is -0.0404. The molecule has 1 saturated heterocycles. The van der Waals surface area contributed by atoms with Gasteiger partial charge in [0.05, 0.1) is 18.8 Å². The van der Waals surface area contributed by atoms with E-state index in [1.165, 1.54) is 18.2 Å². The maximum absolute atomic E-state index is 12.2. The molecule has 7 heteroatoms. The minimum Gasteiger partial charge on any atom is -0.507 e. The Bertz CT molecular complexity index is 560. The minimum absolute atomic E-state index is 0.0404. The van der Waals surface area contributed by atoms with Gasteiger partial charge in [-0.15, -0.1) is 0 Å². The second-order valence-electron chi connectivity index (χ2n) is 5.11. The standard InChI is InChI=1S/C14H18N2O5/c1-8-7-21-9(2)6-16(8)14(20)15-10-3-4-12(17)11(5-10)13(18)19/h3-5,8-9,17H,6-7H2,1-2H3,(H,15,20)(H,18,19). The summed E-state index contributed by atoms with van der Waals surface area (Å²) in [5.41, 5.74) is 0.0674. The van der Waals surface area contributed by atoms with Crippen molar-refractivity contribution in [2.24, 2.45) is 0 Å². The zero-order valence-electron chi connectivity index (χ0n) is 11.9. The monoisotopic (exact) mass is 294 g/mol. The van der Waals surface area contributed by atoms with E-state index in [-0.39, 0.29) is 29.5 Å². The molecule has 1 aliphatic rings. The predicted molar refractivity (Wildman–Crippen MR) is 75.7 cm³/mol. The second kappa shape index (κ2) is 6.01. The number of nitrogens with zero attached hydrogens (tertiary/aromatic N) is 1. The molecule has 3 N–H and O–H groups in total. The van der Waals surface area contributed by atoms with E-state index in [2.05, 4.69) is 5.32 Å². The molecule has 0 spiro atoms. The van der Waals surface area contributed by atoms with E-state index >= 15 is 0 Å². The average Bonchev–Trinajstić information content (AvgIpc) is 2.43. The minimum atomic E-state index is -1.25. The van der Waals surface area contributed by atoms with Crippen LogP contribution in [0.2, 0.25) is 0 Å². The van der Waals surface area contributed by atoms with Crippen molar-refractivity contribution in [1.29, 1.82) is 0 Å². The molecule has 21 heavy (non-hydrogen) atoms. The molecule has 1 aliphatic heterocycles. The molecule has 0 aliphatic carbocycles. The third-order valence-electron chi connectivity index (χ3n) is 3.35. The van der Waals surface area contributed by atoms with Crippen LogP contribution < -0.4 is 5.32 Å². The number of urea groups is 1. The molecule has 0 bridgehead atoms. The first kappa shape index (κ1) is 15.1. The van der Waals surface area contributed by atoms with Crippen LogP contribution in [0, 0.1) is 0 Å². The number of nitrogens with one attached hydrogen (secondary N) is 1. The summed E-state index contributed by atoms with van der Waals surface area (Å²) in [4.78, 5) is 24.8. The highest BCUT2D eigenvalue weighted by Gasteiger charge is 2.27. The maximum Gasteiger partial charge on any atom is 0.339 e. The number of morpholine rings is 1. The summed E-state index contributed by atoms with van der Waals surface area (Å²) in [5, 5.41) is 21.0. The number of carboxylic acids is 1. The summed E-state index contributed by atoms with van der Waals surface area (Å²) in [6.45, 7) is 4.70. The molecule has 1 aromatic carbocycles. The predicted octanol–water partition coefficient (Wildman–Crippen LogP) is 1.73. The molecular weight excluding hydrogens is 276 g/mol. The van der Waals surface area contributed by atoms with Gasteiger partial charge in [-0.1, -0.05) is 0 Å². The fourth-order valence-electron chi connectivity index (χ4n) is 2.17. The number of amides is 2. The van der Waals surface area contributed by atoms with Crippen molar-refractivity contribution in [2.45, 2.75) is 26.0 Å². The number of hydrogen-bond acceptors (Lipinski definition) is 4. The van der Waals surface area contributed by atoms with Crippen molar-refractivity contribution < 1.29 is 24.5 Å². The molecule has 114 valence electrons. The molecule has 2 amide bonds. The van der Waals surface area contributed by atoms with Crippen molar-refractivity contribution in [3.8, 4) is 5.75 Å². The highest BCUT2D eigenvalue weighted by Crippen LogP contribution is 2.22. The lowest BCUT2D eigenvalue weighted by molar-refractivity contribution is -0.0296. The van der Waals surface area contributed by atoms with E-state index in [4.69, 9.17) is 9.84 Å². The Labute approximate surface area is 122 Å². The third kappa shape index (κ3) is 3.43. The smallest absolute Gasteiger partial charge is 0.339 e. The van der Waals surface area contributed by atoms with E-state index < -0.39 is 5.97 Å². The number of anilines is 1. The molecule has 2 unspecified atom stereocenters. The maximum atomic E-state index is 12.2. The second-order valence-corrected chi connectivity index (χ2v) is 5.11. The Morgan fingerprint density at radius 1 is 1.38 bits per heavy atom. The highest BCUT2D eigenvalue weighted by atomic mass is 16.5. The number of ether oxygens (including phenoxy) is 1. The zero-order valence-corrected chi connectivity index (χ0v) is 11.9. The summed E-state index contributed by atoms with van der Waals surface area (Å²) in [6, 6.07) is 3.54. The van der Waals surface area contributed by atoms with E-state index in [9.17, 15) is 14.7 Å². The molecule has 2 atom stereocenters. The van der Waals surface area contributed by atoms with Crippen LogP contribution in [0.15, 0.2) is 18.2 Å². The number of hydrogen-bond donors (Lipinski definition) is 3. The number of aromatic carboxylic acids is 1. The fourth-order valence-corrected chi connectivity index (χ4v) is 2.17. The van der Waals surface area contributed by atoms with Crippen molar-refractivity contribution in [3.05, 3.63) is 23.8 Å². The van der Waals surface area contributed by atoms with Gasteiger partial charge in [-0.25, -0.2) is 9.59 Å². The molecular formula is C14H18N2O5. The highest BCUT2D eigenvalue weighted by molar-refractivity contribution is 5.95. The van der Waals surface area contributed by atoms with Crippen molar-refractivity contribution in [1.82, 2.24) is 4.90 Å². The first-order valence-electron chi connectivity index (χ1n) is 6.64. The van der Waals surface area contributed by atoms with Gasteiger partial charge in [0.25, 0.3) is 0 Å². The van der Waals surface area contributed by atoms with E-state index in [0.29, 0.717) is 18.8 Å². The summed E-state index contributed by atoms with van der Waals surface area (Å²) in [5.74, 6) is -1.59. The van der Waals surface area contributed by atoms with Gasteiger partial charge in [-0.3, -0.25) is 0 Å². The number of carbonyl (C=O) groups is 2. The van der Waals surface area contributed by atoms with Crippen LogP contribution in [-0.2, 0) is 4.74 Å². The first-order valence-corrected chi connectivity index (χ1v) is 6.64. The van der Waals surface area contributed by atoms with Crippen molar-refractivity contribution in [3.63, 3.8) is 0 Å². The van der Waals surface area contributed by atoms with Crippen LogP contribution in [-0.4, -0.2) is 52.4 Å². The van der Waals surface area contributed by atoms with Gasteiger partial charge in [0.2, 0.25) is 0 Å². The lowest BCUT2D eigenvalue weighted by Gasteiger charge is -2.36. The lowest BCUT2D eigenvalue weighted by Crippen LogP contribution is -2.51. The van der Waals surface area contributed by atoms with Crippen molar-refractivity contribution in [2.75, 3.05) is 18.5 Å². The summed E-state index contributed by atoms with van der Waals surface area (Å²) in [7, 11) is 0. The Morgan fingerprint density at radius 2 is 2.10 bits per heavy atom. The van der Waals surface area contributed by atoms with Crippen LogP contribution in [0.25, 0.3) is 0 Å². The number of carbonyl (C=O) groups excluding carboxylic acids is 1. The van der Waals surface area contributed by atoms with E-state index in [0.717, 1.165) is 0 Å². The van der Waals surface area contributed by atoms with Gasteiger partial charge >= 0.3 is 12.0 Å².